The highest BCUT2D eigenvalue weighted by Crippen LogP contribution is 2.26. The first-order chi connectivity index (χ1) is 6.11. The highest BCUT2D eigenvalue weighted by atomic mass is 19.3. The number of aromatic amines is 1. The number of hydrogen-bond donors (Lipinski definition) is 2. The van der Waals surface area contributed by atoms with Gasteiger partial charge < -0.3 is 10.1 Å². The molecule has 0 saturated heterocycles. The average molecular weight is 189 g/mol. The van der Waals surface area contributed by atoms with E-state index in [4.69, 9.17) is 5.11 Å². The number of H-pyrrole nitrogens is 1. The topological polar surface area (TPSA) is 53.1 Å². The van der Waals surface area contributed by atoms with E-state index in [-0.39, 0.29) is 0 Å². The molecular weight excluding hydrogens is 180 g/mol. The minimum atomic E-state index is -2.65. The smallest absolute Gasteiger partial charge is 0.304 e. The molecule has 0 aliphatic rings. The van der Waals surface area contributed by atoms with Crippen molar-refractivity contribution < 1.29 is 18.7 Å². The number of rotatable bonds is 4. The van der Waals surface area contributed by atoms with Gasteiger partial charge in [0.25, 0.3) is 0 Å². The number of hydrogen-bond acceptors (Lipinski definition) is 1. The molecule has 0 amide bonds. The van der Waals surface area contributed by atoms with Gasteiger partial charge in [-0.2, -0.15) is 0 Å². The van der Waals surface area contributed by atoms with Gasteiger partial charge in [0.05, 0.1) is 12.3 Å². The number of aromatic nitrogens is 1. The summed E-state index contributed by atoms with van der Waals surface area (Å²) in [5, 5.41) is 8.39. The molecule has 0 radical (unpaired) electrons. The second-order valence-corrected chi connectivity index (χ2v) is 2.68. The zero-order chi connectivity index (χ0) is 9.84. The number of carboxylic acids is 1. The Morgan fingerprint density at radius 3 is 2.69 bits per heavy atom. The van der Waals surface area contributed by atoms with E-state index < -0.39 is 24.7 Å². The fraction of sp³-hybridized carbons (Fsp3) is 0.375. The summed E-state index contributed by atoms with van der Waals surface area (Å²) in [4.78, 5) is 12.9. The van der Waals surface area contributed by atoms with Crippen molar-refractivity contribution in [1.29, 1.82) is 0 Å². The Bertz CT molecular complexity index is 272. The normalized spacial score (nSPS) is 13.2. The van der Waals surface area contributed by atoms with Crippen LogP contribution in [0.25, 0.3) is 0 Å². The number of alkyl halides is 2. The zero-order valence-corrected chi connectivity index (χ0v) is 6.71. The van der Waals surface area contributed by atoms with Gasteiger partial charge in [0.2, 0.25) is 6.43 Å². The molecule has 1 aromatic heterocycles. The number of nitrogens with one attached hydrogen (secondary N) is 1. The van der Waals surface area contributed by atoms with Crippen molar-refractivity contribution >= 4 is 5.97 Å². The van der Waals surface area contributed by atoms with E-state index in [1.807, 2.05) is 0 Å². The second kappa shape index (κ2) is 4.02. The van der Waals surface area contributed by atoms with Gasteiger partial charge in [-0.1, -0.05) is 0 Å². The Balaban J connectivity index is 2.74. The van der Waals surface area contributed by atoms with Crippen molar-refractivity contribution in [3.05, 3.63) is 24.0 Å². The molecule has 2 N–H and O–H groups in total. The Labute approximate surface area is 73.4 Å². The van der Waals surface area contributed by atoms with Gasteiger partial charge in [0.1, 0.15) is 0 Å². The molecule has 0 aliphatic heterocycles. The minimum absolute atomic E-state index is 0.331. The summed E-state index contributed by atoms with van der Waals surface area (Å²) in [5.74, 6) is -2.43. The fourth-order valence-electron chi connectivity index (χ4n) is 1.11. The highest BCUT2D eigenvalue weighted by Gasteiger charge is 2.25. The Morgan fingerprint density at radius 2 is 2.31 bits per heavy atom. The third kappa shape index (κ3) is 2.54. The van der Waals surface area contributed by atoms with E-state index in [9.17, 15) is 13.6 Å². The first-order valence-corrected chi connectivity index (χ1v) is 3.74. The molecule has 1 unspecified atom stereocenters. The van der Waals surface area contributed by atoms with Crippen molar-refractivity contribution in [3.63, 3.8) is 0 Å². The van der Waals surface area contributed by atoms with Crippen LogP contribution in [0.3, 0.4) is 0 Å². The van der Waals surface area contributed by atoms with Crippen molar-refractivity contribution in [2.45, 2.75) is 18.8 Å². The van der Waals surface area contributed by atoms with E-state index in [1.165, 1.54) is 18.5 Å². The second-order valence-electron chi connectivity index (χ2n) is 2.68. The summed E-state index contributed by atoms with van der Waals surface area (Å²) in [6, 6.07) is 1.46. The van der Waals surface area contributed by atoms with E-state index in [0.29, 0.717) is 5.56 Å². The van der Waals surface area contributed by atoms with Crippen LogP contribution in [0.2, 0.25) is 0 Å². The maximum absolute atomic E-state index is 12.3. The summed E-state index contributed by atoms with van der Waals surface area (Å²) in [6.45, 7) is 0. The largest absolute Gasteiger partial charge is 0.481 e. The summed E-state index contributed by atoms with van der Waals surface area (Å²) in [7, 11) is 0. The SMILES string of the molecule is O=C(O)CC(c1cc[nH]c1)C(F)F. The van der Waals surface area contributed by atoms with Crippen LogP contribution in [-0.2, 0) is 4.79 Å². The van der Waals surface area contributed by atoms with Gasteiger partial charge in [-0.3, -0.25) is 4.79 Å². The van der Waals surface area contributed by atoms with Crippen molar-refractivity contribution in [2.24, 2.45) is 0 Å². The lowest BCUT2D eigenvalue weighted by Gasteiger charge is -2.11. The summed E-state index contributed by atoms with van der Waals surface area (Å²) >= 11 is 0. The average Bonchev–Trinajstić information content (AvgIpc) is 2.50. The molecule has 72 valence electrons. The van der Waals surface area contributed by atoms with Gasteiger partial charge in [0, 0.05) is 12.4 Å². The van der Waals surface area contributed by atoms with Crippen molar-refractivity contribution in [2.75, 3.05) is 0 Å². The monoisotopic (exact) mass is 189 g/mol. The number of halogens is 2. The van der Waals surface area contributed by atoms with Crippen LogP contribution in [0.5, 0.6) is 0 Å². The van der Waals surface area contributed by atoms with E-state index in [2.05, 4.69) is 4.98 Å². The molecule has 3 nitrogen and oxygen atoms in total. The predicted molar refractivity (Wildman–Crippen MR) is 41.8 cm³/mol. The quantitative estimate of drug-likeness (QED) is 0.759. The van der Waals surface area contributed by atoms with Gasteiger partial charge >= 0.3 is 5.97 Å². The molecule has 0 aliphatic carbocycles. The van der Waals surface area contributed by atoms with Gasteiger partial charge in [-0.15, -0.1) is 0 Å². The predicted octanol–water partition coefficient (Wildman–Crippen LogP) is 1.84. The number of carboxylic acid groups (broad SMARTS) is 1. The maximum Gasteiger partial charge on any atom is 0.304 e. The Morgan fingerprint density at radius 1 is 1.62 bits per heavy atom. The molecule has 0 bridgehead atoms. The first-order valence-electron chi connectivity index (χ1n) is 3.74. The van der Waals surface area contributed by atoms with Crippen LogP contribution >= 0.6 is 0 Å². The van der Waals surface area contributed by atoms with Crippen LogP contribution < -0.4 is 0 Å². The summed E-state index contributed by atoms with van der Waals surface area (Å²) < 4.78 is 24.7. The third-order valence-electron chi connectivity index (χ3n) is 1.75. The summed E-state index contributed by atoms with van der Waals surface area (Å²) in [5.41, 5.74) is 0.331. The molecule has 0 fully saturated rings. The lowest BCUT2D eigenvalue weighted by molar-refractivity contribution is -0.138. The summed E-state index contributed by atoms with van der Waals surface area (Å²) in [6.07, 6.45) is -0.311. The van der Waals surface area contributed by atoms with E-state index >= 15 is 0 Å². The molecule has 1 rings (SSSR count). The van der Waals surface area contributed by atoms with Crippen LogP contribution in [0, 0.1) is 0 Å². The lowest BCUT2D eigenvalue weighted by atomic mass is 9.99. The number of aliphatic carboxylic acids is 1. The third-order valence-corrected chi connectivity index (χ3v) is 1.75. The molecule has 0 saturated carbocycles. The number of carbonyl (C=O) groups is 1. The van der Waals surface area contributed by atoms with E-state index in [0.717, 1.165) is 0 Å². The van der Waals surface area contributed by atoms with Crippen LogP contribution in [0.4, 0.5) is 8.78 Å². The van der Waals surface area contributed by atoms with Gasteiger partial charge in [0.15, 0.2) is 0 Å². The first kappa shape index (κ1) is 9.70. The Kier molecular flexibility index (Phi) is 3.00. The molecule has 0 spiro atoms. The van der Waals surface area contributed by atoms with Crippen molar-refractivity contribution in [1.82, 2.24) is 4.98 Å². The van der Waals surface area contributed by atoms with Gasteiger partial charge in [-0.05, 0) is 11.6 Å². The zero-order valence-electron chi connectivity index (χ0n) is 6.71. The molecule has 13 heavy (non-hydrogen) atoms. The highest BCUT2D eigenvalue weighted by molar-refractivity contribution is 5.68. The fourth-order valence-corrected chi connectivity index (χ4v) is 1.11. The molecular formula is C8H9F2NO2. The van der Waals surface area contributed by atoms with Crippen LogP contribution in [-0.4, -0.2) is 22.5 Å². The van der Waals surface area contributed by atoms with Crippen LogP contribution in [0.15, 0.2) is 18.5 Å². The molecule has 1 heterocycles. The van der Waals surface area contributed by atoms with Crippen LogP contribution in [0.1, 0.15) is 17.9 Å². The molecule has 0 aromatic carbocycles. The molecule has 5 heteroatoms. The van der Waals surface area contributed by atoms with Crippen molar-refractivity contribution in [3.8, 4) is 0 Å². The minimum Gasteiger partial charge on any atom is -0.481 e. The Hall–Kier alpha value is -1.39. The lowest BCUT2D eigenvalue weighted by Crippen LogP contribution is -2.13. The maximum atomic E-state index is 12.3. The molecule has 1 atom stereocenters. The van der Waals surface area contributed by atoms with E-state index in [1.54, 1.807) is 0 Å². The molecule has 1 aromatic rings. The standard InChI is InChI=1S/C8H9F2NO2/c9-8(10)6(3-7(12)13)5-1-2-11-4-5/h1-2,4,6,8,11H,3H2,(H,12,13). The van der Waals surface area contributed by atoms with Gasteiger partial charge in [-0.25, -0.2) is 8.78 Å².